The van der Waals surface area contributed by atoms with Gasteiger partial charge in [-0.05, 0) is 25.4 Å². The Labute approximate surface area is 108 Å². The van der Waals surface area contributed by atoms with Crippen LogP contribution in [0.2, 0.25) is 6.55 Å². The molecule has 0 radical (unpaired) electrons. The molecule has 0 aliphatic carbocycles. The predicted octanol–water partition coefficient (Wildman–Crippen LogP) is 0.271. The minimum Gasteiger partial charge on any atom is -0.382 e. The Morgan fingerprint density at radius 2 is 2.06 bits per heavy atom. The van der Waals surface area contributed by atoms with Crippen molar-refractivity contribution in [3.63, 3.8) is 0 Å². The third-order valence-corrected chi connectivity index (χ3v) is 13.7. The van der Waals surface area contributed by atoms with E-state index < -0.39 is 8.07 Å². The molecule has 1 aliphatic rings. The molecule has 0 aromatic heterocycles. The van der Waals surface area contributed by atoms with E-state index in [1.807, 2.05) is 0 Å². The van der Waals surface area contributed by atoms with Crippen LogP contribution in [0.25, 0.3) is 0 Å². The van der Waals surface area contributed by atoms with Crippen LogP contribution in [0.3, 0.4) is 0 Å². The summed E-state index contributed by atoms with van der Waals surface area (Å²) < 4.78 is 6.22. The summed E-state index contributed by atoms with van der Waals surface area (Å²) in [6.45, 7) is 3.33. The van der Waals surface area contributed by atoms with Gasteiger partial charge in [-0.3, -0.25) is 0 Å². The summed E-state index contributed by atoms with van der Waals surface area (Å²) in [4.78, 5) is 0.140. The van der Waals surface area contributed by atoms with Crippen LogP contribution in [-0.2, 0) is 4.74 Å². The molecule has 1 aromatic carbocycles. The quantitative estimate of drug-likeness (QED) is 0.797. The smallest absolute Gasteiger partial charge is 0.128 e. The second-order valence-corrected chi connectivity index (χ2v) is 12.8. The number of hydrogen-bond acceptors (Lipinski definition) is 2. The number of nitrogens with two attached hydrogens (primary N) is 1. The van der Waals surface area contributed by atoms with Gasteiger partial charge in [-0.2, -0.15) is 0 Å². The number of benzene rings is 1. The highest BCUT2D eigenvalue weighted by atomic mass is 28.4. The number of hydrogen-bond donors (Lipinski definition) is 1. The average Bonchev–Trinajstić information content (AvgIpc) is 2.39. The summed E-state index contributed by atoms with van der Waals surface area (Å²) in [7, 11) is -0.614. The SMILES string of the molecule is C[Si](CN)(c1ccccc1)C1([SiH3])CCCCO1. The fourth-order valence-electron chi connectivity index (χ4n) is 2.81. The minimum atomic E-state index is -1.71. The van der Waals surface area contributed by atoms with Crippen LogP contribution in [0.1, 0.15) is 19.3 Å². The van der Waals surface area contributed by atoms with Crippen molar-refractivity contribution in [2.75, 3.05) is 12.8 Å². The number of ether oxygens (including phenoxy) is 1. The van der Waals surface area contributed by atoms with Gasteiger partial charge >= 0.3 is 0 Å². The summed E-state index contributed by atoms with van der Waals surface area (Å²) in [5, 5.41) is 1.46. The van der Waals surface area contributed by atoms with Crippen molar-refractivity contribution in [2.45, 2.75) is 30.7 Å². The molecule has 1 fully saturated rings. The zero-order valence-corrected chi connectivity index (χ0v) is 13.9. The first-order valence-corrected chi connectivity index (χ1v) is 10.2. The summed E-state index contributed by atoms with van der Waals surface area (Å²) in [6, 6.07) is 10.8. The van der Waals surface area contributed by atoms with Crippen molar-refractivity contribution in [2.24, 2.45) is 5.73 Å². The van der Waals surface area contributed by atoms with Crippen molar-refractivity contribution in [1.82, 2.24) is 0 Å². The maximum absolute atomic E-state index is 6.22. The second kappa shape index (κ2) is 5.06. The molecule has 0 spiro atoms. The molecule has 1 aromatic rings. The Balaban J connectivity index is 2.36. The van der Waals surface area contributed by atoms with Crippen molar-refractivity contribution in [1.29, 1.82) is 0 Å². The lowest BCUT2D eigenvalue weighted by molar-refractivity contribution is 0.0309. The molecule has 0 amide bonds. The predicted molar refractivity (Wildman–Crippen MR) is 79.2 cm³/mol. The van der Waals surface area contributed by atoms with E-state index in [0.29, 0.717) is 0 Å². The molecule has 1 aliphatic heterocycles. The van der Waals surface area contributed by atoms with E-state index in [9.17, 15) is 0 Å². The van der Waals surface area contributed by atoms with Crippen LogP contribution >= 0.6 is 0 Å². The average molecular weight is 266 g/mol. The first-order valence-electron chi connectivity index (χ1n) is 6.52. The van der Waals surface area contributed by atoms with Gasteiger partial charge in [0.25, 0.3) is 0 Å². The first kappa shape index (κ1) is 13.0. The van der Waals surface area contributed by atoms with Gasteiger partial charge in [-0.15, -0.1) is 0 Å². The lowest BCUT2D eigenvalue weighted by atomic mass is 10.2. The van der Waals surface area contributed by atoms with Crippen molar-refractivity contribution in [3.05, 3.63) is 30.3 Å². The highest BCUT2D eigenvalue weighted by Gasteiger charge is 2.48. The van der Waals surface area contributed by atoms with Crippen LogP contribution in [-0.4, -0.2) is 35.9 Å². The van der Waals surface area contributed by atoms with Gasteiger partial charge in [-0.1, -0.05) is 42.1 Å². The zero-order valence-electron chi connectivity index (χ0n) is 10.9. The molecule has 94 valence electrons. The highest BCUT2D eigenvalue weighted by molar-refractivity contribution is 6.97. The monoisotopic (exact) mass is 265 g/mol. The topological polar surface area (TPSA) is 35.2 Å². The molecule has 2 rings (SSSR count). The van der Waals surface area contributed by atoms with Crippen LogP contribution in [0.5, 0.6) is 0 Å². The highest BCUT2D eigenvalue weighted by Crippen LogP contribution is 2.30. The molecule has 0 bridgehead atoms. The van der Waals surface area contributed by atoms with Crippen molar-refractivity contribution >= 4 is 23.5 Å². The van der Waals surface area contributed by atoms with E-state index in [4.69, 9.17) is 10.5 Å². The summed E-state index contributed by atoms with van der Waals surface area (Å²) in [5.41, 5.74) is 6.16. The van der Waals surface area contributed by atoms with Gasteiger partial charge in [-0.25, -0.2) is 0 Å². The first-order chi connectivity index (χ1) is 8.12. The Hall–Kier alpha value is -0.426. The van der Waals surface area contributed by atoms with E-state index in [0.717, 1.165) is 23.0 Å². The molecule has 1 saturated heterocycles. The molecule has 2 nitrogen and oxygen atoms in total. The standard InChI is InChI=1S/C13H23NOSi2/c1-17(11-14,12-7-3-2-4-8-12)13(16)9-5-6-10-15-13/h2-4,7-8H,5-6,9-11,14H2,1,16H3. The normalized spacial score (nSPS) is 28.8. The lowest BCUT2D eigenvalue weighted by Crippen LogP contribution is -2.70. The Morgan fingerprint density at radius 3 is 2.59 bits per heavy atom. The third-order valence-electron chi connectivity index (χ3n) is 4.46. The van der Waals surface area contributed by atoms with Crippen LogP contribution < -0.4 is 10.9 Å². The molecule has 0 saturated carbocycles. The van der Waals surface area contributed by atoms with Crippen molar-refractivity contribution < 1.29 is 4.74 Å². The second-order valence-electron chi connectivity index (χ2n) is 5.44. The molecule has 2 atom stereocenters. The fourth-order valence-corrected chi connectivity index (χ4v) is 8.21. The summed E-state index contributed by atoms with van der Waals surface area (Å²) in [6.07, 6.45) is 4.53. The van der Waals surface area contributed by atoms with Crippen LogP contribution in [0.4, 0.5) is 0 Å². The third kappa shape index (κ3) is 2.27. The van der Waals surface area contributed by atoms with Gasteiger partial charge in [0.2, 0.25) is 0 Å². The largest absolute Gasteiger partial charge is 0.382 e. The number of rotatable bonds is 3. The van der Waals surface area contributed by atoms with E-state index in [2.05, 4.69) is 36.9 Å². The van der Waals surface area contributed by atoms with E-state index >= 15 is 0 Å². The van der Waals surface area contributed by atoms with E-state index in [1.165, 1.54) is 24.4 Å². The molecular weight excluding hydrogens is 242 g/mol. The Kier molecular flexibility index (Phi) is 3.87. The fraction of sp³-hybridized carbons (Fsp3) is 0.538. The van der Waals surface area contributed by atoms with E-state index in [-0.39, 0.29) is 4.85 Å². The summed E-state index contributed by atoms with van der Waals surface area (Å²) >= 11 is 0. The van der Waals surface area contributed by atoms with E-state index in [1.54, 1.807) is 0 Å². The summed E-state index contributed by atoms with van der Waals surface area (Å²) in [5.74, 6) is 0. The Morgan fingerprint density at radius 1 is 1.35 bits per heavy atom. The van der Waals surface area contributed by atoms with Gasteiger partial charge in [0.15, 0.2) is 0 Å². The molecule has 2 unspecified atom stereocenters. The Bertz CT molecular complexity index is 365. The maximum atomic E-state index is 6.22. The van der Waals surface area contributed by atoms with Gasteiger partial charge < -0.3 is 10.5 Å². The van der Waals surface area contributed by atoms with Crippen molar-refractivity contribution in [3.8, 4) is 0 Å². The molecule has 1 heterocycles. The zero-order chi connectivity index (χ0) is 12.4. The van der Waals surface area contributed by atoms with Crippen LogP contribution in [0, 0.1) is 0 Å². The van der Waals surface area contributed by atoms with Crippen LogP contribution in [0.15, 0.2) is 30.3 Å². The van der Waals surface area contributed by atoms with Gasteiger partial charge in [0.05, 0.1) is 0 Å². The molecule has 17 heavy (non-hydrogen) atoms. The maximum Gasteiger partial charge on any atom is 0.128 e. The van der Waals surface area contributed by atoms with Gasteiger partial charge in [0.1, 0.15) is 8.07 Å². The molecule has 4 heteroatoms. The van der Waals surface area contributed by atoms with Gasteiger partial charge in [0, 0.05) is 21.7 Å². The molecule has 2 N–H and O–H groups in total. The molecular formula is C13H23NOSi2. The lowest BCUT2D eigenvalue weighted by Gasteiger charge is -2.47. The minimum absolute atomic E-state index is 0.140.